The maximum absolute atomic E-state index is 13.1. The van der Waals surface area contributed by atoms with E-state index in [9.17, 15) is 14.4 Å². The third-order valence-corrected chi connectivity index (χ3v) is 6.30. The summed E-state index contributed by atoms with van der Waals surface area (Å²) in [5, 5.41) is 9.39. The zero-order chi connectivity index (χ0) is 24.5. The van der Waals surface area contributed by atoms with Gasteiger partial charge in [0, 0.05) is 24.5 Å². The van der Waals surface area contributed by atoms with E-state index in [2.05, 4.69) is 10.2 Å². The maximum Gasteiger partial charge on any atom is 0.275 e. The molecule has 0 unspecified atom stereocenters. The van der Waals surface area contributed by atoms with E-state index in [1.807, 2.05) is 6.92 Å². The van der Waals surface area contributed by atoms with Gasteiger partial charge in [0.2, 0.25) is 5.91 Å². The number of nitrogens with one attached hydrogen (secondary N) is 1. The van der Waals surface area contributed by atoms with Crippen molar-refractivity contribution in [3.63, 3.8) is 0 Å². The second-order valence-corrected chi connectivity index (χ2v) is 8.62. The van der Waals surface area contributed by atoms with E-state index in [1.165, 1.54) is 9.36 Å². The van der Waals surface area contributed by atoms with E-state index in [1.54, 1.807) is 41.3 Å². The van der Waals surface area contributed by atoms with Crippen LogP contribution >= 0.6 is 11.6 Å². The van der Waals surface area contributed by atoms with Crippen LogP contribution in [0, 0.1) is 0 Å². The van der Waals surface area contributed by atoms with E-state index in [-0.39, 0.29) is 30.1 Å². The Balaban J connectivity index is 1.55. The third-order valence-electron chi connectivity index (χ3n) is 6.00. The molecule has 0 bridgehead atoms. The lowest BCUT2D eigenvalue weighted by Gasteiger charge is -2.27. The Morgan fingerprint density at radius 1 is 1.11 bits per heavy atom. The molecule has 10 nitrogen and oxygen atoms in total. The minimum Gasteiger partial charge on any atom is -0.492 e. The van der Waals surface area contributed by atoms with E-state index in [0.29, 0.717) is 71.1 Å². The van der Waals surface area contributed by atoms with Crippen LogP contribution in [0.15, 0.2) is 46.0 Å². The van der Waals surface area contributed by atoms with Crippen molar-refractivity contribution in [2.24, 2.45) is 0 Å². The normalized spacial score (nSPS) is 14.1. The van der Waals surface area contributed by atoms with Crippen LogP contribution in [0.1, 0.15) is 12.6 Å². The predicted octanol–water partition coefficient (Wildman–Crippen LogP) is 2.00. The lowest BCUT2D eigenvalue weighted by molar-refractivity contribution is -0.136. The van der Waals surface area contributed by atoms with Gasteiger partial charge in [0.1, 0.15) is 12.3 Å². The molecule has 35 heavy (non-hydrogen) atoms. The number of hydrogen-bond donors (Lipinski definition) is 1. The van der Waals surface area contributed by atoms with Gasteiger partial charge in [0.05, 0.1) is 53.4 Å². The van der Waals surface area contributed by atoms with Crippen LogP contribution in [-0.2, 0) is 22.6 Å². The summed E-state index contributed by atoms with van der Waals surface area (Å²) >= 11 is 6.27. The van der Waals surface area contributed by atoms with Crippen LogP contribution in [0.2, 0.25) is 5.02 Å². The number of benzene rings is 2. The second kappa shape index (κ2) is 9.55. The quantitative estimate of drug-likeness (QED) is 0.436. The Labute approximate surface area is 204 Å². The average molecular weight is 498 g/mol. The number of carbonyl (C=O) groups is 1. The first-order valence-electron chi connectivity index (χ1n) is 11.4. The van der Waals surface area contributed by atoms with Crippen LogP contribution < -0.4 is 15.9 Å². The molecule has 0 radical (unpaired) electrons. The summed E-state index contributed by atoms with van der Waals surface area (Å²) in [5.41, 5.74) is 0.420. The summed E-state index contributed by atoms with van der Waals surface area (Å²) in [6, 6.07) is 10.3. The van der Waals surface area contributed by atoms with Gasteiger partial charge in [-0.1, -0.05) is 29.8 Å². The van der Waals surface area contributed by atoms with Gasteiger partial charge in [-0.05, 0) is 19.1 Å². The highest BCUT2D eigenvalue weighted by atomic mass is 35.5. The van der Waals surface area contributed by atoms with E-state index < -0.39 is 0 Å². The van der Waals surface area contributed by atoms with Crippen molar-refractivity contribution < 1.29 is 14.3 Å². The Kier molecular flexibility index (Phi) is 6.31. The highest BCUT2D eigenvalue weighted by Crippen LogP contribution is 2.28. The highest BCUT2D eigenvalue weighted by Gasteiger charge is 2.20. The number of aromatic nitrogens is 4. The molecule has 1 N–H and O–H groups in total. The van der Waals surface area contributed by atoms with Crippen LogP contribution in [0.25, 0.3) is 21.7 Å². The first kappa shape index (κ1) is 23.1. The molecule has 2 aromatic heterocycles. The van der Waals surface area contributed by atoms with Gasteiger partial charge in [-0.3, -0.25) is 19.5 Å². The number of ether oxygens (including phenoxy) is 2. The fraction of sp³-hybridized carbons (Fsp3) is 0.333. The molecule has 0 atom stereocenters. The first-order chi connectivity index (χ1) is 17.0. The molecule has 3 heterocycles. The van der Waals surface area contributed by atoms with Crippen molar-refractivity contribution in [1.82, 2.24) is 24.5 Å². The van der Waals surface area contributed by atoms with Crippen molar-refractivity contribution in [1.29, 1.82) is 0 Å². The van der Waals surface area contributed by atoms with Gasteiger partial charge in [0.25, 0.3) is 11.1 Å². The molecule has 1 aliphatic heterocycles. The molecule has 0 spiro atoms. The summed E-state index contributed by atoms with van der Waals surface area (Å²) in [6.45, 7) is 4.06. The SMILES string of the molecule is CCOc1cc2[nH]n(Cc3nn(CC(=O)N4CCOCC4)c(=O)c4ccccc34)c(=O)c2cc1Cl. The minimum absolute atomic E-state index is 0.0711. The summed E-state index contributed by atoms with van der Waals surface area (Å²) in [4.78, 5) is 40.6. The zero-order valence-electron chi connectivity index (χ0n) is 19.1. The smallest absolute Gasteiger partial charge is 0.275 e. The van der Waals surface area contributed by atoms with Gasteiger partial charge in [-0.25, -0.2) is 9.36 Å². The Bertz CT molecular complexity index is 1530. The summed E-state index contributed by atoms with van der Waals surface area (Å²) in [5.74, 6) is 0.277. The number of aromatic amines is 1. The molecule has 11 heteroatoms. The number of amides is 1. The number of H-pyrrole nitrogens is 1. The Morgan fingerprint density at radius 2 is 1.86 bits per heavy atom. The lowest BCUT2D eigenvalue weighted by Crippen LogP contribution is -2.44. The molecular formula is C24H24ClN5O5. The molecule has 1 fully saturated rings. The Hall–Kier alpha value is -3.63. The largest absolute Gasteiger partial charge is 0.492 e. The van der Waals surface area contributed by atoms with Crippen molar-refractivity contribution in [2.75, 3.05) is 32.9 Å². The van der Waals surface area contributed by atoms with Crippen LogP contribution in [0.4, 0.5) is 0 Å². The number of halogens is 1. The van der Waals surface area contributed by atoms with Crippen molar-refractivity contribution in [3.8, 4) is 5.75 Å². The van der Waals surface area contributed by atoms with Crippen molar-refractivity contribution >= 4 is 39.2 Å². The molecule has 5 rings (SSSR count). The second-order valence-electron chi connectivity index (χ2n) is 8.21. The van der Waals surface area contributed by atoms with Gasteiger partial charge >= 0.3 is 0 Å². The summed E-state index contributed by atoms with van der Waals surface area (Å²) in [7, 11) is 0. The van der Waals surface area contributed by atoms with Gasteiger partial charge in [-0.2, -0.15) is 5.10 Å². The van der Waals surface area contributed by atoms with Crippen LogP contribution in [-0.4, -0.2) is 63.3 Å². The van der Waals surface area contributed by atoms with Crippen LogP contribution in [0.3, 0.4) is 0 Å². The lowest BCUT2D eigenvalue weighted by atomic mass is 10.1. The monoisotopic (exact) mass is 497 g/mol. The first-order valence-corrected chi connectivity index (χ1v) is 11.7. The van der Waals surface area contributed by atoms with Gasteiger partial charge < -0.3 is 14.4 Å². The fourth-order valence-corrected chi connectivity index (χ4v) is 4.48. The number of nitrogens with zero attached hydrogens (tertiary/aromatic N) is 4. The van der Waals surface area contributed by atoms with Crippen molar-refractivity contribution in [2.45, 2.75) is 20.0 Å². The summed E-state index contributed by atoms with van der Waals surface area (Å²) in [6.07, 6.45) is 0. The van der Waals surface area contributed by atoms with E-state index >= 15 is 0 Å². The van der Waals surface area contributed by atoms with Crippen LogP contribution in [0.5, 0.6) is 5.75 Å². The van der Waals surface area contributed by atoms with E-state index in [4.69, 9.17) is 21.1 Å². The maximum atomic E-state index is 13.1. The number of carbonyl (C=O) groups excluding carboxylic acids is 1. The molecule has 182 valence electrons. The van der Waals surface area contributed by atoms with E-state index in [0.717, 1.165) is 0 Å². The topological polar surface area (TPSA) is 111 Å². The zero-order valence-corrected chi connectivity index (χ0v) is 19.9. The molecule has 4 aromatic rings. The number of hydrogen-bond acceptors (Lipinski definition) is 6. The summed E-state index contributed by atoms with van der Waals surface area (Å²) < 4.78 is 13.4. The molecule has 1 saturated heterocycles. The number of rotatable bonds is 6. The fourth-order valence-electron chi connectivity index (χ4n) is 4.26. The average Bonchev–Trinajstić information content (AvgIpc) is 3.17. The predicted molar refractivity (Wildman–Crippen MR) is 131 cm³/mol. The van der Waals surface area contributed by atoms with Crippen molar-refractivity contribution in [3.05, 3.63) is 67.8 Å². The molecule has 1 aliphatic rings. The highest BCUT2D eigenvalue weighted by molar-refractivity contribution is 6.32. The molecule has 2 aromatic carbocycles. The molecule has 1 amide bonds. The Morgan fingerprint density at radius 3 is 2.60 bits per heavy atom. The number of morpholine rings is 1. The molecular weight excluding hydrogens is 474 g/mol. The molecule has 0 saturated carbocycles. The molecule has 0 aliphatic carbocycles. The number of fused-ring (bicyclic) bond motifs is 2. The standard InChI is InChI=1S/C24H24ClN5O5/c1-2-35-21-12-19-17(11-18(21)25)24(33)29(26-19)13-20-15-5-3-4-6-16(15)23(32)30(27-20)14-22(31)28-7-9-34-10-8-28/h3-6,11-12,26H,2,7-10,13-14H2,1H3. The van der Waals surface area contributed by atoms with Gasteiger partial charge in [0.15, 0.2) is 0 Å². The third kappa shape index (κ3) is 4.42. The minimum atomic E-state index is -0.358. The van der Waals surface area contributed by atoms with Gasteiger partial charge in [-0.15, -0.1) is 0 Å².